The second-order valence-electron chi connectivity index (χ2n) is 2.00. The van der Waals surface area contributed by atoms with Gasteiger partial charge in [-0.2, -0.15) is 13.2 Å². The molecule has 0 bridgehead atoms. The van der Waals surface area contributed by atoms with E-state index in [2.05, 4.69) is 16.5 Å². The van der Waals surface area contributed by atoms with Gasteiger partial charge in [0.1, 0.15) is 0 Å². The highest BCUT2D eigenvalue weighted by Gasteiger charge is 2.37. The van der Waals surface area contributed by atoms with Gasteiger partial charge in [-0.1, -0.05) is 4.49 Å². The van der Waals surface area contributed by atoms with Crippen LogP contribution in [-0.4, -0.2) is 15.5 Å². The Hall–Kier alpha value is -1.18. The Labute approximate surface area is 74.9 Å². The van der Waals surface area contributed by atoms with Gasteiger partial charge < -0.3 is 5.32 Å². The van der Waals surface area contributed by atoms with E-state index < -0.39 is 22.8 Å². The van der Waals surface area contributed by atoms with Crippen molar-refractivity contribution in [2.45, 2.75) is 6.18 Å². The molecule has 1 aromatic rings. The molecule has 1 rings (SSSR count). The van der Waals surface area contributed by atoms with E-state index in [0.717, 1.165) is 0 Å². The largest absolute Gasteiger partial charge is 0.430 e. The number of halogens is 3. The van der Waals surface area contributed by atoms with Crippen molar-refractivity contribution in [1.82, 2.24) is 9.59 Å². The predicted molar refractivity (Wildman–Crippen MR) is 38.9 cm³/mol. The number of hydrogen-bond donors (Lipinski definition) is 1. The van der Waals surface area contributed by atoms with Crippen LogP contribution in [0.1, 0.15) is 4.88 Å². The number of rotatable bonds is 1. The van der Waals surface area contributed by atoms with Gasteiger partial charge in [0.05, 0.1) is 0 Å². The molecule has 0 atom stereocenters. The SMILES string of the molecule is [CH2]C(=O)Nc1nnsc1C(F)(F)F. The maximum absolute atomic E-state index is 12.1. The Balaban J connectivity index is 2.96. The van der Waals surface area contributed by atoms with Crippen LogP contribution in [0.25, 0.3) is 0 Å². The smallest absolute Gasteiger partial charge is 0.308 e. The Morgan fingerprint density at radius 3 is 2.62 bits per heavy atom. The normalized spacial score (nSPS) is 11.4. The highest BCUT2D eigenvalue weighted by molar-refractivity contribution is 7.06. The molecule has 71 valence electrons. The quantitative estimate of drug-likeness (QED) is 0.760. The maximum atomic E-state index is 12.1. The molecule has 1 radical (unpaired) electrons. The van der Waals surface area contributed by atoms with Gasteiger partial charge in [0.15, 0.2) is 10.7 Å². The van der Waals surface area contributed by atoms with Gasteiger partial charge in [-0.05, 0) is 11.5 Å². The number of nitrogens with one attached hydrogen (secondary N) is 1. The van der Waals surface area contributed by atoms with E-state index >= 15 is 0 Å². The van der Waals surface area contributed by atoms with Gasteiger partial charge in [0.25, 0.3) is 0 Å². The van der Waals surface area contributed by atoms with Gasteiger partial charge in [0, 0.05) is 6.92 Å². The second-order valence-corrected chi connectivity index (χ2v) is 2.75. The number of anilines is 1. The molecule has 0 unspecified atom stereocenters. The van der Waals surface area contributed by atoms with Crippen molar-refractivity contribution in [1.29, 1.82) is 0 Å². The molecule has 0 aliphatic heterocycles. The van der Waals surface area contributed by atoms with Crippen molar-refractivity contribution in [3.63, 3.8) is 0 Å². The molecule has 0 aliphatic carbocycles. The monoisotopic (exact) mass is 210 g/mol. The number of aromatic nitrogens is 2. The van der Waals surface area contributed by atoms with Crippen LogP contribution in [0.15, 0.2) is 0 Å². The van der Waals surface area contributed by atoms with E-state index in [0.29, 0.717) is 0 Å². The predicted octanol–water partition coefficient (Wildman–Crippen LogP) is 1.33. The zero-order valence-corrected chi connectivity index (χ0v) is 6.87. The molecule has 1 aromatic heterocycles. The molecule has 1 heterocycles. The number of carbonyl (C=O) groups is 1. The standard InChI is InChI=1S/C5H3F3N3OS/c1-2(12)9-4-3(5(6,7)8)13-11-10-4/h1H2,(H,9,12). The summed E-state index contributed by atoms with van der Waals surface area (Å²) in [5.41, 5.74) is 0. The average molecular weight is 210 g/mol. The Bertz CT molecular complexity index is 321. The van der Waals surface area contributed by atoms with E-state index in [-0.39, 0.29) is 11.5 Å². The van der Waals surface area contributed by atoms with Crippen molar-refractivity contribution in [3.05, 3.63) is 11.8 Å². The molecule has 13 heavy (non-hydrogen) atoms. The highest BCUT2D eigenvalue weighted by atomic mass is 32.1. The van der Waals surface area contributed by atoms with Gasteiger partial charge in [-0.25, -0.2) is 0 Å². The molecule has 1 amide bonds. The van der Waals surface area contributed by atoms with Crippen LogP contribution in [0.2, 0.25) is 0 Å². The fraction of sp³-hybridized carbons (Fsp3) is 0.200. The molecule has 0 saturated carbocycles. The summed E-state index contributed by atoms with van der Waals surface area (Å²) in [5, 5.41) is 4.93. The summed E-state index contributed by atoms with van der Waals surface area (Å²) in [7, 11) is 0. The molecule has 4 nitrogen and oxygen atoms in total. The van der Waals surface area contributed by atoms with E-state index in [9.17, 15) is 18.0 Å². The zero-order valence-electron chi connectivity index (χ0n) is 6.05. The first-order valence-electron chi connectivity index (χ1n) is 2.93. The molecule has 0 saturated heterocycles. The van der Waals surface area contributed by atoms with Crippen molar-refractivity contribution < 1.29 is 18.0 Å². The first-order chi connectivity index (χ1) is 5.91. The third-order valence-electron chi connectivity index (χ3n) is 1.00. The molecule has 0 aliphatic rings. The van der Waals surface area contributed by atoms with Crippen LogP contribution in [0, 0.1) is 6.92 Å². The van der Waals surface area contributed by atoms with Crippen molar-refractivity contribution in [2.24, 2.45) is 0 Å². The van der Waals surface area contributed by atoms with Crippen LogP contribution in [-0.2, 0) is 11.0 Å². The average Bonchev–Trinajstić information content (AvgIpc) is 2.31. The molecule has 0 fully saturated rings. The number of nitrogens with zero attached hydrogens (tertiary/aromatic N) is 2. The lowest BCUT2D eigenvalue weighted by Crippen LogP contribution is -2.12. The maximum Gasteiger partial charge on any atom is 0.430 e. The van der Waals surface area contributed by atoms with Crippen LogP contribution in [0.3, 0.4) is 0 Å². The van der Waals surface area contributed by atoms with Crippen LogP contribution < -0.4 is 5.32 Å². The zero-order chi connectivity index (χ0) is 10.1. The highest BCUT2D eigenvalue weighted by Crippen LogP contribution is 2.35. The summed E-state index contributed by atoms with van der Waals surface area (Å²) in [6, 6.07) is 0. The summed E-state index contributed by atoms with van der Waals surface area (Å²) >= 11 is 0.170. The Morgan fingerprint density at radius 1 is 1.54 bits per heavy atom. The number of carbonyl (C=O) groups excluding carboxylic acids is 1. The van der Waals surface area contributed by atoms with Crippen LogP contribution in [0.5, 0.6) is 0 Å². The molecule has 0 aromatic carbocycles. The van der Waals surface area contributed by atoms with E-state index in [1.54, 1.807) is 0 Å². The summed E-state index contributed by atoms with van der Waals surface area (Å²) in [5.74, 6) is -1.46. The molecule has 0 spiro atoms. The summed E-state index contributed by atoms with van der Waals surface area (Å²) in [4.78, 5) is 9.30. The first kappa shape index (κ1) is 9.90. The topological polar surface area (TPSA) is 54.9 Å². The fourth-order valence-electron chi connectivity index (χ4n) is 0.591. The first-order valence-corrected chi connectivity index (χ1v) is 3.71. The van der Waals surface area contributed by atoms with Crippen molar-refractivity contribution in [2.75, 3.05) is 5.32 Å². The van der Waals surface area contributed by atoms with Gasteiger partial charge in [0.2, 0.25) is 5.91 Å². The molecule has 1 N–H and O–H groups in total. The molecular weight excluding hydrogens is 207 g/mol. The second kappa shape index (κ2) is 3.29. The summed E-state index contributed by atoms with van der Waals surface area (Å²) in [6.45, 7) is 2.86. The van der Waals surface area contributed by atoms with E-state index in [4.69, 9.17) is 0 Å². The van der Waals surface area contributed by atoms with Crippen LogP contribution >= 0.6 is 11.5 Å². The Morgan fingerprint density at radius 2 is 2.15 bits per heavy atom. The number of hydrogen-bond acceptors (Lipinski definition) is 4. The number of alkyl halides is 3. The van der Waals surface area contributed by atoms with Crippen molar-refractivity contribution >= 4 is 23.3 Å². The van der Waals surface area contributed by atoms with E-state index in [1.165, 1.54) is 0 Å². The third kappa shape index (κ3) is 2.38. The lowest BCUT2D eigenvalue weighted by Gasteiger charge is -2.03. The summed E-state index contributed by atoms with van der Waals surface area (Å²) in [6.07, 6.45) is -4.55. The van der Waals surface area contributed by atoms with E-state index in [1.807, 2.05) is 5.32 Å². The lowest BCUT2D eigenvalue weighted by molar-refractivity contribution is -0.133. The fourth-order valence-corrected chi connectivity index (χ4v) is 1.08. The number of amides is 1. The van der Waals surface area contributed by atoms with Gasteiger partial charge in [-0.15, -0.1) is 5.10 Å². The third-order valence-corrected chi connectivity index (χ3v) is 1.77. The summed E-state index contributed by atoms with van der Waals surface area (Å²) < 4.78 is 39.3. The van der Waals surface area contributed by atoms with Crippen molar-refractivity contribution in [3.8, 4) is 0 Å². The Kier molecular flexibility index (Phi) is 2.50. The van der Waals surface area contributed by atoms with Gasteiger partial charge >= 0.3 is 6.18 Å². The van der Waals surface area contributed by atoms with Gasteiger partial charge in [-0.3, -0.25) is 4.79 Å². The minimum Gasteiger partial charge on any atom is -0.308 e. The molecule has 8 heteroatoms. The lowest BCUT2D eigenvalue weighted by atomic mass is 10.4. The molecular formula is C5H3F3N3OS. The minimum atomic E-state index is -4.55. The minimum absolute atomic E-state index is 0.170. The van der Waals surface area contributed by atoms with Crippen LogP contribution in [0.4, 0.5) is 19.0 Å².